The molecule has 0 unspecified atom stereocenters. The molecule has 1 aliphatic rings. The molecule has 0 radical (unpaired) electrons. The molecule has 1 fully saturated rings. The minimum Gasteiger partial charge on any atom is -0.444 e. The maximum atomic E-state index is 11.8. The largest absolute Gasteiger partial charge is 0.444 e. The summed E-state index contributed by atoms with van der Waals surface area (Å²) >= 11 is 0. The van der Waals surface area contributed by atoms with Crippen LogP contribution in [0.2, 0.25) is 0 Å². The van der Waals surface area contributed by atoms with E-state index < -0.39 is 5.60 Å². The zero-order valence-corrected chi connectivity index (χ0v) is 9.82. The Kier molecular flexibility index (Phi) is 3.97. The fourth-order valence-corrected chi connectivity index (χ4v) is 1.85. The average molecular weight is 215 g/mol. The van der Waals surface area contributed by atoms with E-state index in [0.717, 1.165) is 19.4 Å². The molecule has 1 saturated heterocycles. The van der Waals surface area contributed by atoms with Crippen LogP contribution in [0, 0.1) is 0 Å². The molecule has 1 heterocycles. The standard InChI is InChI=1S/C11H21NO3/c1-11(2,3)15-10(14)12-7-4-5-9(12)6-8-13/h9,13H,4-8H2,1-3H3/t9-/m0/s1. The quantitative estimate of drug-likeness (QED) is 0.763. The van der Waals surface area contributed by atoms with Gasteiger partial charge in [0.2, 0.25) is 0 Å². The Morgan fingerprint density at radius 3 is 2.73 bits per heavy atom. The summed E-state index contributed by atoms with van der Waals surface area (Å²) in [6.07, 6.45) is 2.38. The van der Waals surface area contributed by atoms with Gasteiger partial charge in [-0.15, -0.1) is 0 Å². The third kappa shape index (κ3) is 3.70. The normalized spacial score (nSPS) is 21.9. The van der Waals surface area contributed by atoms with E-state index in [1.165, 1.54) is 0 Å². The monoisotopic (exact) mass is 215 g/mol. The third-order valence-corrected chi connectivity index (χ3v) is 2.47. The lowest BCUT2D eigenvalue weighted by molar-refractivity contribution is 0.0209. The fraction of sp³-hybridized carbons (Fsp3) is 0.909. The summed E-state index contributed by atoms with van der Waals surface area (Å²) in [6, 6.07) is 0.157. The Balaban J connectivity index is 2.51. The van der Waals surface area contributed by atoms with Gasteiger partial charge in [0.1, 0.15) is 5.60 Å². The molecule has 15 heavy (non-hydrogen) atoms. The van der Waals surface area contributed by atoms with E-state index in [0.29, 0.717) is 6.42 Å². The number of carbonyl (C=O) groups is 1. The number of likely N-dealkylation sites (tertiary alicyclic amines) is 1. The molecule has 1 aliphatic heterocycles. The summed E-state index contributed by atoms with van der Waals surface area (Å²) in [4.78, 5) is 13.5. The van der Waals surface area contributed by atoms with Crippen LogP contribution in [0.15, 0.2) is 0 Å². The van der Waals surface area contributed by atoms with Crippen molar-refractivity contribution < 1.29 is 14.6 Å². The van der Waals surface area contributed by atoms with E-state index in [9.17, 15) is 4.79 Å². The van der Waals surface area contributed by atoms with Gasteiger partial charge >= 0.3 is 6.09 Å². The SMILES string of the molecule is CC(C)(C)OC(=O)N1CCC[C@H]1CCO. The summed E-state index contributed by atoms with van der Waals surface area (Å²) in [6.45, 7) is 6.47. The Bertz CT molecular complexity index is 222. The highest BCUT2D eigenvalue weighted by Gasteiger charge is 2.31. The van der Waals surface area contributed by atoms with Crippen LogP contribution in [0.4, 0.5) is 4.79 Å². The number of hydrogen-bond acceptors (Lipinski definition) is 3. The molecule has 0 aliphatic carbocycles. The number of nitrogens with zero attached hydrogens (tertiary/aromatic N) is 1. The van der Waals surface area contributed by atoms with Gasteiger partial charge in [-0.2, -0.15) is 0 Å². The highest BCUT2D eigenvalue weighted by Crippen LogP contribution is 2.22. The average Bonchev–Trinajstić information content (AvgIpc) is 2.49. The van der Waals surface area contributed by atoms with E-state index >= 15 is 0 Å². The van der Waals surface area contributed by atoms with Gasteiger partial charge in [-0.25, -0.2) is 4.79 Å². The first-order valence-corrected chi connectivity index (χ1v) is 5.54. The van der Waals surface area contributed by atoms with Gasteiger partial charge in [0.15, 0.2) is 0 Å². The van der Waals surface area contributed by atoms with Crippen LogP contribution in [0.25, 0.3) is 0 Å². The van der Waals surface area contributed by atoms with Crippen molar-refractivity contribution in [2.45, 2.75) is 51.7 Å². The summed E-state index contributed by atoms with van der Waals surface area (Å²) in [5, 5.41) is 8.88. The fourth-order valence-electron chi connectivity index (χ4n) is 1.85. The molecule has 4 nitrogen and oxygen atoms in total. The third-order valence-electron chi connectivity index (χ3n) is 2.47. The van der Waals surface area contributed by atoms with E-state index in [2.05, 4.69) is 0 Å². The summed E-state index contributed by atoms with van der Waals surface area (Å²) in [5.41, 5.74) is -0.441. The van der Waals surface area contributed by atoms with Gasteiger partial charge in [0.25, 0.3) is 0 Å². The van der Waals surface area contributed by atoms with Crippen molar-refractivity contribution in [2.75, 3.05) is 13.2 Å². The smallest absolute Gasteiger partial charge is 0.410 e. The van der Waals surface area contributed by atoms with E-state index in [1.54, 1.807) is 4.90 Å². The molecular weight excluding hydrogens is 194 g/mol. The van der Waals surface area contributed by atoms with Gasteiger partial charge in [-0.05, 0) is 40.0 Å². The summed E-state index contributed by atoms with van der Waals surface area (Å²) in [5.74, 6) is 0. The van der Waals surface area contributed by atoms with E-state index in [4.69, 9.17) is 9.84 Å². The first-order valence-electron chi connectivity index (χ1n) is 5.54. The number of carbonyl (C=O) groups excluding carboxylic acids is 1. The molecule has 1 N–H and O–H groups in total. The number of rotatable bonds is 2. The summed E-state index contributed by atoms with van der Waals surface area (Å²) < 4.78 is 5.30. The Morgan fingerprint density at radius 1 is 1.53 bits per heavy atom. The first-order chi connectivity index (χ1) is 6.94. The predicted octanol–water partition coefficient (Wildman–Crippen LogP) is 1.77. The van der Waals surface area contributed by atoms with Crippen molar-refractivity contribution in [3.8, 4) is 0 Å². The van der Waals surface area contributed by atoms with Gasteiger partial charge in [0.05, 0.1) is 0 Å². The van der Waals surface area contributed by atoms with Crippen molar-refractivity contribution in [1.29, 1.82) is 0 Å². The zero-order valence-electron chi connectivity index (χ0n) is 9.82. The first kappa shape index (κ1) is 12.3. The number of hydrogen-bond donors (Lipinski definition) is 1. The molecule has 0 spiro atoms. The molecule has 4 heteroatoms. The molecule has 0 aromatic carbocycles. The maximum absolute atomic E-state index is 11.8. The molecule has 0 bridgehead atoms. The van der Waals surface area contributed by atoms with Crippen LogP contribution >= 0.6 is 0 Å². The molecule has 0 saturated carbocycles. The molecule has 1 atom stereocenters. The second kappa shape index (κ2) is 4.84. The van der Waals surface area contributed by atoms with Gasteiger partial charge in [0, 0.05) is 19.2 Å². The molecule has 0 aromatic heterocycles. The lowest BCUT2D eigenvalue weighted by atomic mass is 10.1. The Labute approximate surface area is 91.2 Å². The van der Waals surface area contributed by atoms with E-state index in [-0.39, 0.29) is 18.7 Å². The molecule has 88 valence electrons. The van der Waals surface area contributed by atoms with Crippen LogP contribution in [0.5, 0.6) is 0 Å². The minimum absolute atomic E-state index is 0.129. The van der Waals surface area contributed by atoms with Crippen molar-refractivity contribution >= 4 is 6.09 Å². The molecule has 1 amide bonds. The van der Waals surface area contributed by atoms with Crippen molar-refractivity contribution in [3.63, 3.8) is 0 Å². The topological polar surface area (TPSA) is 49.8 Å². The maximum Gasteiger partial charge on any atom is 0.410 e. The molecule has 0 aromatic rings. The van der Waals surface area contributed by atoms with Crippen molar-refractivity contribution in [3.05, 3.63) is 0 Å². The van der Waals surface area contributed by atoms with Crippen LogP contribution in [-0.4, -0.2) is 40.9 Å². The minimum atomic E-state index is -0.441. The summed E-state index contributed by atoms with van der Waals surface area (Å²) in [7, 11) is 0. The van der Waals surface area contributed by atoms with Crippen molar-refractivity contribution in [1.82, 2.24) is 4.90 Å². The van der Waals surface area contributed by atoms with Gasteiger partial charge < -0.3 is 14.7 Å². The molecule has 1 rings (SSSR count). The second-order valence-electron chi connectivity index (χ2n) is 4.98. The van der Waals surface area contributed by atoms with Crippen LogP contribution in [0.3, 0.4) is 0 Å². The lowest BCUT2D eigenvalue weighted by Gasteiger charge is -2.28. The van der Waals surface area contributed by atoms with Crippen molar-refractivity contribution in [2.24, 2.45) is 0 Å². The highest BCUT2D eigenvalue weighted by atomic mass is 16.6. The lowest BCUT2D eigenvalue weighted by Crippen LogP contribution is -2.40. The second-order valence-corrected chi connectivity index (χ2v) is 4.98. The molecular formula is C11H21NO3. The number of aliphatic hydroxyl groups is 1. The van der Waals surface area contributed by atoms with Gasteiger partial charge in [-0.1, -0.05) is 0 Å². The number of amides is 1. The Hall–Kier alpha value is -0.770. The number of aliphatic hydroxyl groups excluding tert-OH is 1. The van der Waals surface area contributed by atoms with Crippen LogP contribution in [0.1, 0.15) is 40.0 Å². The van der Waals surface area contributed by atoms with E-state index in [1.807, 2.05) is 20.8 Å². The van der Waals surface area contributed by atoms with Gasteiger partial charge in [-0.3, -0.25) is 0 Å². The predicted molar refractivity (Wildman–Crippen MR) is 57.7 cm³/mol. The number of ether oxygens (including phenoxy) is 1. The highest BCUT2D eigenvalue weighted by molar-refractivity contribution is 5.68. The van der Waals surface area contributed by atoms with Crippen LogP contribution < -0.4 is 0 Å². The van der Waals surface area contributed by atoms with Crippen LogP contribution in [-0.2, 0) is 4.74 Å². The zero-order chi connectivity index (χ0) is 11.5. The Morgan fingerprint density at radius 2 is 2.20 bits per heavy atom.